The molecule has 2 aromatic rings. The van der Waals surface area contributed by atoms with Gasteiger partial charge < -0.3 is 10.2 Å². The highest BCUT2D eigenvalue weighted by molar-refractivity contribution is 9.10. The Morgan fingerprint density at radius 2 is 1.95 bits per heavy atom. The lowest BCUT2D eigenvalue weighted by atomic mass is 10.1. The molecule has 1 saturated heterocycles. The summed E-state index contributed by atoms with van der Waals surface area (Å²) in [7, 11) is 0. The number of nitrogens with zero attached hydrogens (tertiary/aromatic N) is 1. The molecule has 1 heterocycles. The van der Waals surface area contributed by atoms with Crippen molar-refractivity contribution >= 4 is 21.6 Å². The van der Waals surface area contributed by atoms with Crippen LogP contribution >= 0.6 is 15.9 Å². The summed E-state index contributed by atoms with van der Waals surface area (Å²) in [6.45, 7) is 5.35. The zero-order valence-corrected chi connectivity index (χ0v) is 13.9. The van der Waals surface area contributed by atoms with Crippen LogP contribution in [0.25, 0.3) is 0 Å². The summed E-state index contributed by atoms with van der Waals surface area (Å²) >= 11 is 3.59. The maximum Gasteiger partial charge on any atom is 0.0498 e. The Balaban J connectivity index is 1.83. The molecule has 1 unspecified atom stereocenters. The Labute approximate surface area is 135 Å². The molecule has 1 aliphatic heterocycles. The fourth-order valence-electron chi connectivity index (χ4n) is 2.89. The van der Waals surface area contributed by atoms with Crippen molar-refractivity contribution in [2.24, 2.45) is 0 Å². The van der Waals surface area contributed by atoms with Crippen LogP contribution in [0.4, 0.5) is 5.69 Å². The van der Waals surface area contributed by atoms with E-state index in [0.29, 0.717) is 6.04 Å². The lowest BCUT2D eigenvalue weighted by molar-refractivity contribution is 0.570. The maximum absolute atomic E-state index is 3.67. The average molecular weight is 345 g/mol. The van der Waals surface area contributed by atoms with Crippen molar-refractivity contribution in [3.05, 3.63) is 64.1 Å². The summed E-state index contributed by atoms with van der Waals surface area (Å²) in [5, 5.41) is 3.67. The minimum atomic E-state index is 0.401. The van der Waals surface area contributed by atoms with Crippen molar-refractivity contribution in [1.29, 1.82) is 0 Å². The molecular formula is C18H21BrN2. The Bertz CT molecular complexity index is 597. The topological polar surface area (TPSA) is 15.3 Å². The van der Waals surface area contributed by atoms with Gasteiger partial charge >= 0.3 is 0 Å². The Kier molecular flexibility index (Phi) is 4.61. The lowest BCUT2D eigenvalue weighted by Crippen LogP contribution is -2.31. The van der Waals surface area contributed by atoms with Crippen LogP contribution in [0, 0.1) is 6.92 Å². The Hall–Kier alpha value is -1.32. The summed E-state index contributed by atoms with van der Waals surface area (Å²) in [6, 6.07) is 17.8. The molecule has 110 valence electrons. The predicted molar refractivity (Wildman–Crippen MR) is 92.9 cm³/mol. The summed E-state index contributed by atoms with van der Waals surface area (Å²) in [4.78, 5) is 2.50. The van der Waals surface area contributed by atoms with Gasteiger partial charge in [0.2, 0.25) is 0 Å². The second-order valence-corrected chi connectivity index (χ2v) is 6.50. The van der Waals surface area contributed by atoms with Gasteiger partial charge in [-0.1, -0.05) is 46.3 Å². The van der Waals surface area contributed by atoms with Gasteiger partial charge in [-0.25, -0.2) is 0 Å². The zero-order chi connectivity index (χ0) is 14.7. The lowest BCUT2D eigenvalue weighted by Gasteiger charge is -2.27. The van der Waals surface area contributed by atoms with Crippen molar-refractivity contribution in [3.8, 4) is 0 Å². The maximum atomic E-state index is 3.67. The number of rotatable bonds is 2. The van der Waals surface area contributed by atoms with Gasteiger partial charge in [-0.3, -0.25) is 0 Å². The van der Waals surface area contributed by atoms with Gasteiger partial charge in [-0.2, -0.15) is 0 Å². The Morgan fingerprint density at radius 3 is 2.71 bits per heavy atom. The van der Waals surface area contributed by atoms with E-state index in [9.17, 15) is 0 Å². The molecular weight excluding hydrogens is 324 g/mol. The van der Waals surface area contributed by atoms with Gasteiger partial charge in [0.25, 0.3) is 0 Å². The number of benzene rings is 2. The summed E-state index contributed by atoms with van der Waals surface area (Å²) < 4.78 is 1.18. The standard InChI is InChI=1S/C18H21BrN2/c1-14-12-16(8-9-17(14)19)21-11-5-10-20-18(13-21)15-6-3-2-4-7-15/h2-4,6-9,12,18,20H,5,10-11,13H2,1H3. The molecule has 3 heteroatoms. The molecule has 0 radical (unpaired) electrons. The van der Waals surface area contributed by atoms with Crippen LogP contribution in [0.5, 0.6) is 0 Å². The number of hydrogen-bond donors (Lipinski definition) is 1. The number of halogens is 1. The normalized spacial score (nSPS) is 19.3. The fraction of sp³-hybridized carbons (Fsp3) is 0.333. The summed E-state index contributed by atoms with van der Waals surface area (Å²) in [5.74, 6) is 0. The number of aryl methyl sites for hydroxylation is 1. The highest BCUT2D eigenvalue weighted by Gasteiger charge is 2.19. The van der Waals surface area contributed by atoms with Gasteiger partial charge in [0.15, 0.2) is 0 Å². The van der Waals surface area contributed by atoms with Gasteiger partial charge in [-0.05, 0) is 49.2 Å². The van der Waals surface area contributed by atoms with Crippen LogP contribution in [-0.4, -0.2) is 19.6 Å². The van der Waals surface area contributed by atoms with E-state index in [1.54, 1.807) is 0 Å². The largest absolute Gasteiger partial charge is 0.370 e. The summed E-state index contributed by atoms with van der Waals surface area (Å²) in [5.41, 5.74) is 3.99. The molecule has 0 aromatic heterocycles. The molecule has 1 fully saturated rings. The van der Waals surface area contributed by atoms with Crippen LogP contribution < -0.4 is 10.2 Å². The van der Waals surface area contributed by atoms with E-state index in [1.807, 2.05) is 0 Å². The van der Waals surface area contributed by atoms with Crippen LogP contribution in [0.15, 0.2) is 53.0 Å². The molecule has 1 aliphatic rings. The average Bonchev–Trinajstić information content (AvgIpc) is 2.77. The van der Waals surface area contributed by atoms with Crippen molar-refractivity contribution in [3.63, 3.8) is 0 Å². The zero-order valence-electron chi connectivity index (χ0n) is 12.3. The SMILES string of the molecule is Cc1cc(N2CCCNC(c3ccccc3)C2)ccc1Br. The molecule has 0 saturated carbocycles. The highest BCUT2D eigenvalue weighted by Crippen LogP contribution is 2.26. The summed E-state index contributed by atoms with van der Waals surface area (Å²) in [6.07, 6.45) is 1.18. The van der Waals surface area contributed by atoms with Gasteiger partial charge in [-0.15, -0.1) is 0 Å². The monoisotopic (exact) mass is 344 g/mol. The molecule has 0 spiro atoms. The molecule has 1 N–H and O–H groups in total. The first-order chi connectivity index (χ1) is 10.2. The van der Waals surface area contributed by atoms with E-state index in [0.717, 1.165) is 19.6 Å². The van der Waals surface area contributed by atoms with Gasteiger partial charge in [0.1, 0.15) is 0 Å². The first-order valence-electron chi connectivity index (χ1n) is 7.53. The molecule has 0 amide bonds. The molecule has 2 aromatic carbocycles. The van der Waals surface area contributed by atoms with Crippen LogP contribution in [0.2, 0.25) is 0 Å². The van der Waals surface area contributed by atoms with E-state index in [2.05, 4.69) is 81.6 Å². The number of hydrogen-bond acceptors (Lipinski definition) is 2. The first kappa shape index (κ1) is 14.6. The van der Waals surface area contributed by atoms with Crippen molar-refractivity contribution in [2.45, 2.75) is 19.4 Å². The van der Waals surface area contributed by atoms with E-state index in [4.69, 9.17) is 0 Å². The molecule has 2 nitrogen and oxygen atoms in total. The molecule has 0 aliphatic carbocycles. The second-order valence-electron chi connectivity index (χ2n) is 5.65. The van der Waals surface area contributed by atoms with Crippen LogP contribution in [0.1, 0.15) is 23.6 Å². The smallest absolute Gasteiger partial charge is 0.0498 e. The van der Waals surface area contributed by atoms with E-state index in [-0.39, 0.29) is 0 Å². The number of nitrogens with one attached hydrogen (secondary N) is 1. The van der Waals surface area contributed by atoms with Crippen LogP contribution in [0.3, 0.4) is 0 Å². The van der Waals surface area contributed by atoms with Crippen LogP contribution in [-0.2, 0) is 0 Å². The van der Waals surface area contributed by atoms with Crippen molar-refractivity contribution < 1.29 is 0 Å². The molecule has 0 bridgehead atoms. The highest BCUT2D eigenvalue weighted by atomic mass is 79.9. The molecule has 1 atom stereocenters. The fourth-order valence-corrected chi connectivity index (χ4v) is 3.14. The molecule has 3 rings (SSSR count). The predicted octanol–water partition coefficient (Wildman–Crippen LogP) is 4.30. The third-order valence-corrected chi connectivity index (χ3v) is 5.00. The van der Waals surface area contributed by atoms with Gasteiger partial charge in [0, 0.05) is 29.3 Å². The van der Waals surface area contributed by atoms with E-state index < -0.39 is 0 Å². The third-order valence-electron chi connectivity index (χ3n) is 4.11. The third kappa shape index (κ3) is 3.47. The van der Waals surface area contributed by atoms with E-state index in [1.165, 1.54) is 27.7 Å². The quantitative estimate of drug-likeness (QED) is 0.873. The van der Waals surface area contributed by atoms with Crippen molar-refractivity contribution in [1.82, 2.24) is 5.32 Å². The second kappa shape index (κ2) is 6.63. The first-order valence-corrected chi connectivity index (χ1v) is 8.33. The van der Waals surface area contributed by atoms with E-state index >= 15 is 0 Å². The Morgan fingerprint density at radius 1 is 1.14 bits per heavy atom. The van der Waals surface area contributed by atoms with Gasteiger partial charge in [0.05, 0.1) is 0 Å². The van der Waals surface area contributed by atoms with Crippen molar-refractivity contribution in [2.75, 3.05) is 24.5 Å². The molecule has 21 heavy (non-hydrogen) atoms. The minimum Gasteiger partial charge on any atom is -0.370 e. The number of anilines is 1. The minimum absolute atomic E-state index is 0.401.